The van der Waals surface area contributed by atoms with E-state index in [1.165, 1.54) is 4.90 Å². The molecule has 224 valence electrons. The van der Waals surface area contributed by atoms with Gasteiger partial charge in [-0.15, -0.1) is 0 Å². The summed E-state index contributed by atoms with van der Waals surface area (Å²) in [6.45, 7) is -0.432. The number of sulfonamides is 1. The molecule has 1 fully saturated rings. The van der Waals surface area contributed by atoms with E-state index >= 15 is 0 Å². The van der Waals surface area contributed by atoms with Crippen molar-refractivity contribution in [3.05, 3.63) is 97.5 Å². The number of carbonyl (C=O) groups is 2. The first-order valence-corrected chi connectivity index (χ1v) is 17.5. The van der Waals surface area contributed by atoms with Gasteiger partial charge in [0.25, 0.3) is 0 Å². The van der Waals surface area contributed by atoms with Crippen molar-refractivity contribution in [3.63, 3.8) is 0 Å². The average Bonchev–Trinajstić information content (AvgIpc) is 2.96. The highest BCUT2D eigenvalue weighted by Crippen LogP contribution is 2.26. The maximum absolute atomic E-state index is 14.2. The van der Waals surface area contributed by atoms with Crippen LogP contribution in [0.5, 0.6) is 0 Å². The fourth-order valence-corrected chi connectivity index (χ4v) is 6.68. The zero-order chi connectivity index (χ0) is 30.3. The summed E-state index contributed by atoms with van der Waals surface area (Å²) in [7, 11) is -3.83. The number of nitrogens with zero attached hydrogens (tertiary/aromatic N) is 2. The topological polar surface area (TPSA) is 86.8 Å². The van der Waals surface area contributed by atoms with Crippen molar-refractivity contribution in [3.8, 4) is 0 Å². The molecule has 2 amide bonds. The molecule has 3 aromatic rings. The average molecular weight is 743 g/mol. The predicted molar refractivity (Wildman–Crippen MR) is 177 cm³/mol. The Morgan fingerprint density at radius 3 is 2.21 bits per heavy atom. The van der Waals surface area contributed by atoms with E-state index in [-0.39, 0.29) is 24.9 Å². The summed E-state index contributed by atoms with van der Waals surface area (Å²) in [5.74, 6) is -0.774. The third-order valence-corrected chi connectivity index (χ3v) is 9.95. The first-order chi connectivity index (χ1) is 20.0. The number of amides is 2. The molecular weight excluding hydrogens is 708 g/mol. The standard InChI is InChI=1S/C31H34Cl2IN3O4S/c1-42(40,41)37(26-15-13-24(34)14-16-26)21-30(38)36(20-23-12-17-27(32)28(33)18-23)29(19-22-8-4-2-5-9-22)31(39)35-25-10-6-3-7-11-25/h2,4-5,8-9,12-18,25,29H,3,6-7,10-11,19-21H2,1H3,(H,35,39). The fourth-order valence-electron chi connectivity index (χ4n) is 5.15. The van der Waals surface area contributed by atoms with E-state index in [0.29, 0.717) is 21.3 Å². The summed E-state index contributed by atoms with van der Waals surface area (Å²) in [4.78, 5) is 29.7. The molecule has 42 heavy (non-hydrogen) atoms. The Kier molecular flexibility index (Phi) is 11.6. The lowest BCUT2D eigenvalue weighted by molar-refractivity contribution is -0.140. The molecule has 1 atom stereocenters. The zero-order valence-corrected chi connectivity index (χ0v) is 27.8. The van der Waals surface area contributed by atoms with Crippen LogP contribution in [-0.2, 0) is 32.6 Å². The number of hydrogen-bond acceptors (Lipinski definition) is 4. The van der Waals surface area contributed by atoms with E-state index in [1.807, 2.05) is 30.3 Å². The monoisotopic (exact) mass is 741 g/mol. The van der Waals surface area contributed by atoms with Crippen LogP contribution in [0.15, 0.2) is 72.8 Å². The van der Waals surface area contributed by atoms with E-state index in [2.05, 4.69) is 27.9 Å². The first-order valence-electron chi connectivity index (χ1n) is 13.8. The largest absolute Gasteiger partial charge is 0.352 e. The molecule has 1 aliphatic carbocycles. The van der Waals surface area contributed by atoms with Crippen molar-refractivity contribution >= 4 is 73.3 Å². The molecule has 7 nitrogen and oxygen atoms in total. The van der Waals surface area contributed by atoms with Crippen LogP contribution in [0.25, 0.3) is 0 Å². The summed E-state index contributed by atoms with van der Waals surface area (Å²) in [6.07, 6.45) is 6.33. The Morgan fingerprint density at radius 1 is 0.929 bits per heavy atom. The number of rotatable bonds is 11. The number of hydrogen-bond donors (Lipinski definition) is 1. The third kappa shape index (κ3) is 9.08. The third-order valence-electron chi connectivity index (χ3n) is 7.35. The minimum absolute atomic E-state index is 0.0331. The fraction of sp³-hybridized carbons (Fsp3) is 0.355. The Labute approximate surface area is 271 Å². The van der Waals surface area contributed by atoms with Crippen LogP contribution in [0, 0.1) is 3.57 Å². The molecule has 0 aromatic heterocycles. The van der Waals surface area contributed by atoms with E-state index in [4.69, 9.17) is 23.2 Å². The second-order valence-corrected chi connectivity index (χ2v) is 14.5. The van der Waals surface area contributed by atoms with Gasteiger partial charge in [-0.2, -0.15) is 0 Å². The lowest BCUT2D eigenvalue weighted by Crippen LogP contribution is -2.55. The van der Waals surface area contributed by atoms with Crippen LogP contribution in [0.3, 0.4) is 0 Å². The number of anilines is 1. The van der Waals surface area contributed by atoms with Crippen LogP contribution >= 0.6 is 45.8 Å². The molecule has 0 spiro atoms. The van der Waals surface area contributed by atoms with Gasteiger partial charge < -0.3 is 10.2 Å². The lowest BCUT2D eigenvalue weighted by Gasteiger charge is -2.35. The van der Waals surface area contributed by atoms with Crippen LogP contribution in [0.4, 0.5) is 5.69 Å². The summed E-state index contributed by atoms with van der Waals surface area (Å²) < 4.78 is 27.8. The Morgan fingerprint density at radius 2 is 1.60 bits per heavy atom. The molecule has 1 unspecified atom stereocenters. The molecule has 0 heterocycles. The molecule has 11 heteroatoms. The Bertz CT molecular complexity index is 1480. The van der Waals surface area contributed by atoms with Crippen LogP contribution < -0.4 is 9.62 Å². The second kappa shape index (κ2) is 14.9. The molecule has 4 rings (SSSR count). The highest BCUT2D eigenvalue weighted by atomic mass is 127. The van der Waals surface area contributed by atoms with Gasteiger partial charge in [0.05, 0.1) is 22.0 Å². The highest BCUT2D eigenvalue weighted by Gasteiger charge is 2.34. The van der Waals surface area contributed by atoms with Gasteiger partial charge in [-0.05, 0) is 83.0 Å². The van der Waals surface area contributed by atoms with Crippen LogP contribution in [0.1, 0.15) is 43.2 Å². The molecule has 1 N–H and O–H groups in total. The second-order valence-electron chi connectivity index (χ2n) is 10.6. The molecule has 1 saturated carbocycles. The van der Waals surface area contributed by atoms with E-state index < -0.39 is 28.5 Å². The van der Waals surface area contributed by atoms with E-state index in [0.717, 1.165) is 51.8 Å². The highest BCUT2D eigenvalue weighted by molar-refractivity contribution is 14.1. The van der Waals surface area contributed by atoms with Gasteiger partial charge >= 0.3 is 0 Å². The van der Waals surface area contributed by atoms with Crippen LogP contribution in [0.2, 0.25) is 10.0 Å². The number of nitrogens with one attached hydrogen (secondary N) is 1. The summed E-state index contributed by atoms with van der Waals surface area (Å²) in [6, 6.07) is 20.6. The smallest absolute Gasteiger partial charge is 0.244 e. The number of carbonyl (C=O) groups excluding carboxylic acids is 2. The van der Waals surface area contributed by atoms with Gasteiger partial charge in [0.2, 0.25) is 21.8 Å². The quantitative estimate of drug-likeness (QED) is 0.229. The summed E-state index contributed by atoms with van der Waals surface area (Å²) in [5.41, 5.74) is 1.92. The molecule has 1 aliphatic rings. The van der Waals surface area contributed by atoms with Gasteiger partial charge in [-0.1, -0.05) is 78.9 Å². The maximum Gasteiger partial charge on any atom is 0.244 e. The maximum atomic E-state index is 14.2. The molecule has 0 radical (unpaired) electrons. The Hall–Kier alpha value is -2.34. The number of halogens is 3. The first kappa shape index (κ1) is 32.6. The SMILES string of the molecule is CS(=O)(=O)N(CC(=O)N(Cc1ccc(Cl)c(Cl)c1)C(Cc1ccccc1)C(=O)NC1CCCCC1)c1ccc(I)cc1. The molecular formula is C31H34Cl2IN3O4S. The van der Waals surface area contributed by atoms with E-state index in [9.17, 15) is 18.0 Å². The molecule has 0 aliphatic heterocycles. The van der Waals surface area contributed by atoms with Crippen molar-refractivity contribution in [1.82, 2.24) is 10.2 Å². The van der Waals surface area contributed by atoms with Crippen molar-refractivity contribution in [2.24, 2.45) is 0 Å². The lowest BCUT2D eigenvalue weighted by atomic mass is 9.94. The summed E-state index contributed by atoms with van der Waals surface area (Å²) >= 11 is 14.6. The molecule has 0 bridgehead atoms. The zero-order valence-electron chi connectivity index (χ0n) is 23.3. The van der Waals surface area contributed by atoms with Gasteiger partial charge in [-0.3, -0.25) is 13.9 Å². The van der Waals surface area contributed by atoms with Crippen molar-refractivity contribution in [2.75, 3.05) is 17.1 Å². The van der Waals surface area contributed by atoms with Gasteiger partial charge in [0, 0.05) is 22.6 Å². The minimum atomic E-state index is -3.83. The van der Waals surface area contributed by atoms with E-state index in [1.54, 1.807) is 42.5 Å². The van der Waals surface area contributed by atoms with Crippen molar-refractivity contribution in [2.45, 2.75) is 57.2 Å². The Balaban J connectivity index is 1.73. The minimum Gasteiger partial charge on any atom is -0.352 e. The summed E-state index contributed by atoms with van der Waals surface area (Å²) in [5, 5.41) is 3.88. The van der Waals surface area contributed by atoms with Crippen molar-refractivity contribution in [1.29, 1.82) is 0 Å². The van der Waals surface area contributed by atoms with Gasteiger partial charge in [-0.25, -0.2) is 8.42 Å². The molecule has 0 saturated heterocycles. The number of benzene rings is 3. The van der Waals surface area contributed by atoms with Crippen molar-refractivity contribution < 1.29 is 18.0 Å². The predicted octanol–water partition coefficient (Wildman–Crippen LogP) is 6.45. The van der Waals surface area contributed by atoms with Gasteiger partial charge in [0.1, 0.15) is 12.6 Å². The normalized spacial score (nSPS) is 14.7. The van der Waals surface area contributed by atoms with Crippen LogP contribution in [-0.4, -0.2) is 50.0 Å². The molecule has 3 aromatic carbocycles. The van der Waals surface area contributed by atoms with Gasteiger partial charge in [0.15, 0.2) is 0 Å².